The molecule has 0 radical (unpaired) electrons. The van der Waals surface area contributed by atoms with E-state index >= 15 is 0 Å². The zero-order valence-corrected chi connectivity index (χ0v) is 20.1. The average molecular weight is 412 g/mol. The van der Waals surface area contributed by atoms with Gasteiger partial charge in [0.25, 0.3) is 0 Å². The molecule has 2 heteroatoms. The highest BCUT2D eigenvalue weighted by atomic mass is 16.5. The number of nitriles is 1. The van der Waals surface area contributed by atoms with E-state index in [2.05, 4.69) is 58.0 Å². The van der Waals surface area contributed by atoms with Crippen LogP contribution in [0.5, 0.6) is 5.75 Å². The summed E-state index contributed by atoms with van der Waals surface area (Å²) in [5.74, 6) is 3.14. The van der Waals surface area contributed by atoms with E-state index in [9.17, 15) is 5.26 Å². The second kappa shape index (κ2) is 13.0. The number of nitrogens with zero attached hydrogens (tertiary/aromatic N) is 1. The lowest BCUT2D eigenvalue weighted by atomic mass is 9.67. The van der Waals surface area contributed by atoms with Crippen molar-refractivity contribution in [3.05, 3.63) is 29.8 Å². The van der Waals surface area contributed by atoms with Crippen LogP contribution in [-0.4, -0.2) is 6.61 Å². The molecule has 2 rings (SSSR count). The predicted octanol–water partition coefficient (Wildman–Crippen LogP) is 8.67. The van der Waals surface area contributed by atoms with Gasteiger partial charge in [-0.1, -0.05) is 71.9 Å². The van der Waals surface area contributed by atoms with E-state index in [0.717, 1.165) is 62.7 Å². The van der Waals surface area contributed by atoms with E-state index in [1.807, 2.05) is 0 Å². The summed E-state index contributed by atoms with van der Waals surface area (Å²) in [4.78, 5) is 0. The number of ether oxygens (including phenoxy) is 1. The van der Waals surface area contributed by atoms with Crippen molar-refractivity contribution in [3.8, 4) is 11.8 Å². The van der Waals surface area contributed by atoms with Crippen molar-refractivity contribution in [1.29, 1.82) is 5.26 Å². The van der Waals surface area contributed by atoms with Crippen LogP contribution in [-0.2, 0) is 0 Å². The molecule has 0 saturated heterocycles. The molecule has 1 saturated carbocycles. The van der Waals surface area contributed by atoms with Gasteiger partial charge in [-0.05, 0) is 80.4 Å². The molecule has 0 aromatic heterocycles. The van der Waals surface area contributed by atoms with E-state index in [-0.39, 0.29) is 5.41 Å². The van der Waals surface area contributed by atoms with E-state index in [4.69, 9.17) is 4.74 Å². The first-order valence-corrected chi connectivity index (χ1v) is 12.6. The SMILES string of the molecule is CCCCCOc1ccc(C2CCC(C#N)(CCC(C)CCCC(C)C)CC2)cc1. The minimum atomic E-state index is -0.0782. The summed E-state index contributed by atoms with van der Waals surface area (Å²) >= 11 is 0. The highest BCUT2D eigenvalue weighted by Gasteiger charge is 2.35. The first-order chi connectivity index (χ1) is 14.5. The molecule has 0 aliphatic heterocycles. The van der Waals surface area contributed by atoms with Crippen LogP contribution in [0.25, 0.3) is 0 Å². The van der Waals surface area contributed by atoms with Crippen molar-refractivity contribution in [3.63, 3.8) is 0 Å². The minimum absolute atomic E-state index is 0.0782. The maximum atomic E-state index is 9.95. The third-order valence-electron chi connectivity index (χ3n) is 7.14. The van der Waals surface area contributed by atoms with Gasteiger partial charge in [-0.3, -0.25) is 0 Å². The van der Waals surface area contributed by atoms with Crippen molar-refractivity contribution < 1.29 is 4.74 Å². The van der Waals surface area contributed by atoms with Crippen LogP contribution < -0.4 is 4.74 Å². The van der Waals surface area contributed by atoms with E-state index in [0.29, 0.717) is 5.92 Å². The van der Waals surface area contributed by atoms with Crippen LogP contribution in [0, 0.1) is 28.6 Å². The monoisotopic (exact) mass is 411 g/mol. The summed E-state index contributed by atoms with van der Waals surface area (Å²) in [7, 11) is 0. The number of benzene rings is 1. The number of rotatable bonds is 13. The van der Waals surface area contributed by atoms with Crippen LogP contribution in [0.3, 0.4) is 0 Å². The molecular weight excluding hydrogens is 366 g/mol. The number of unbranched alkanes of at least 4 members (excludes halogenated alkanes) is 2. The van der Waals surface area contributed by atoms with Crippen molar-refractivity contribution in [2.45, 2.75) is 111 Å². The Balaban J connectivity index is 1.77. The molecule has 1 aliphatic rings. The molecule has 0 heterocycles. The molecule has 2 nitrogen and oxygen atoms in total. The van der Waals surface area contributed by atoms with Crippen molar-refractivity contribution in [2.75, 3.05) is 6.61 Å². The van der Waals surface area contributed by atoms with Crippen molar-refractivity contribution in [2.24, 2.45) is 17.3 Å². The topological polar surface area (TPSA) is 33.0 Å². The minimum Gasteiger partial charge on any atom is -0.494 e. The Kier molecular flexibility index (Phi) is 10.8. The third kappa shape index (κ3) is 8.33. The largest absolute Gasteiger partial charge is 0.494 e. The fraction of sp³-hybridized carbons (Fsp3) is 0.750. The van der Waals surface area contributed by atoms with E-state index in [1.165, 1.54) is 44.1 Å². The van der Waals surface area contributed by atoms with Gasteiger partial charge in [0, 0.05) is 0 Å². The molecule has 1 aliphatic carbocycles. The summed E-state index contributed by atoms with van der Waals surface area (Å²) in [5, 5.41) is 9.95. The van der Waals surface area contributed by atoms with Crippen LogP contribution in [0.2, 0.25) is 0 Å². The van der Waals surface area contributed by atoms with Crippen LogP contribution in [0.15, 0.2) is 24.3 Å². The smallest absolute Gasteiger partial charge is 0.119 e. The average Bonchev–Trinajstić information content (AvgIpc) is 2.76. The Hall–Kier alpha value is -1.49. The van der Waals surface area contributed by atoms with Gasteiger partial charge < -0.3 is 4.74 Å². The Bertz CT molecular complexity index is 619. The Morgan fingerprint density at radius 3 is 2.30 bits per heavy atom. The summed E-state index contributed by atoms with van der Waals surface area (Å²) in [6.45, 7) is 10.0. The van der Waals surface area contributed by atoms with Crippen LogP contribution in [0.1, 0.15) is 116 Å². The normalized spacial score (nSPS) is 22.6. The first-order valence-electron chi connectivity index (χ1n) is 12.6. The molecule has 0 spiro atoms. The molecule has 30 heavy (non-hydrogen) atoms. The van der Waals surface area contributed by atoms with Crippen LogP contribution >= 0.6 is 0 Å². The lowest BCUT2D eigenvalue weighted by molar-refractivity contribution is 0.211. The van der Waals surface area contributed by atoms with Gasteiger partial charge in [-0.25, -0.2) is 0 Å². The molecule has 0 amide bonds. The fourth-order valence-electron chi connectivity index (χ4n) is 4.84. The summed E-state index contributed by atoms with van der Waals surface area (Å²) in [5.41, 5.74) is 1.34. The maximum absolute atomic E-state index is 9.95. The maximum Gasteiger partial charge on any atom is 0.119 e. The number of hydrogen-bond acceptors (Lipinski definition) is 2. The molecule has 0 bridgehead atoms. The second-order valence-corrected chi connectivity index (χ2v) is 10.3. The zero-order valence-electron chi connectivity index (χ0n) is 20.1. The van der Waals surface area contributed by atoms with E-state index < -0.39 is 0 Å². The molecule has 1 aromatic carbocycles. The molecule has 168 valence electrons. The second-order valence-electron chi connectivity index (χ2n) is 10.3. The number of hydrogen-bond donors (Lipinski definition) is 0. The standard InChI is InChI=1S/C28H45NO/c1-5-6-7-21-30-27-13-11-25(12-14-27)26-16-19-28(22-29,20-17-26)18-15-24(4)10-8-9-23(2)3/h11-14,23-24,26H,5-10,15-21H2,1-4H3. The Morgan fingerprint density at radius 1 is 1.00 bits per heavy atom. The molecule has 1 fully saturated rings. The molecular formula is C28H45NO. The molecule has 1 unspecified atom stereocenters. The quantitative estimate of drug-likeness (QED) is 0.304. The third-order valence-corrected chi connectivity index (χ3v) is 7.14. The molecule has 1 atom stereocenters. The van der Waals surface area contributed by atoms with Crippen molar-refractivity contribution in [1.82, 2.24) is 0 Å². The Morgan fingerprint density at radius 2 is 1.70 bits per heavy atom. The van der Waals surface area contributed by atoms with Gasteiger partial charge >= 0.3 is 0 Å². The van der Waals surface area contributed by atoms with Gasteiger partial charge in [0.15, 0.2) is 0 Å². The molecule has 1 aromatic rings. The Labute approximate surface area is 186 Å². The van der Waals surface area contributed by atoms with E-state index in [1.54, 1.807) is 0 Å². The predicted molar refractivity (Wildman–Crippen MR) is 128 cm³/mol. The van der Waals surface area contributed by atoms with Gasteiger partial charge in [-0.15, -0.1) is 0 Å². The lowest BCUT2D eigenvalue weighted by Gasteiger charge is -2.36. The van der Waals surface area contributed by atoms with Crippen LogP contribution in [0.4, 0.5) is 0 Å². The van der Waals surface area contributed by atoms with Gasteiger partial charge in [0.2, 0.25) is 0 Å². The summed E-state index contributed by atoms with van der Waals surface area (Å²) in [6.07, 6.45) is 14.3. The zero-order chi connectivity index (χ0) is 21.8. The highest BCUT2D eigenvalue weighted by molar-refractivity contribution is 5.30. The fourth-order valence-corrected chi connectivity index (χ4v) is 4.84. The summed E-state index contributed by atoms with van der Waals surface area (Å²) < 4.78 is 5.85. The van der Waals surface area contributed by atoms with Gasteiger partial charge in [0.05, 0.1) is 18.1 Å². The lowest BCUT2D eigenvalue weighted by Crippen LogP contribution is -2.26. The molecule has 0 N–H and O–H groups in total. The van der Waals surface area contributed by atoms with Gasteiger partial charge in [-0.2, -0.15) is 5.26 Å². The first kappa shape index (κ1) is 24.8. The summed E-state index contributed by atoms with van der Waals surface area (Å²) in [6, 6.07) is 11.5. The van der Waals surface area contributed by atoms with Crippen molar-refractivity contribution >= 4 is 0 Å². The van der Waals surface area contributed by atoms with Gasteiger partial charge in [0.1, 0.15) is 5.75 Å². The highest BCUT2D eigenvalue weighted by Crippen LogP contribution is 2.46.